The van der Waals surface area contributed by atoms with Crippen molar-refractivity contribution in [1.82, 2.24) is 5.32 Å². The van der Waals surface area contributed by atoms with Gasteiger partial charge in [-0.1, -0.05) is 48.6 Å². The highest BCUT2D eigenvalue weighted by atomic mass is 32.2. The van der Waals surface area contributed by atoms with Crippen LogP contribution in [0.2, 0.25) is 0 Å². The average Bonchev–Trinajstić information content (AvgIpc) is 2.83. The Hall–Kier alpha value is -2.05. The van der Waals surface area contributed by atoms with Crippen LogP contribution in [0.1, 0.15) is 11.7 Å². The molecule has 0 bridgehead atoms. The molecular formula is C13H13N2O3S+. The summed E-state index contributed by atoms with van der Waals surface area (Å²) in [5, 5.41) is 3.52. The zero-order valence-corrected chi connectivity index (χ0v) is 10.8. The third-order valence-corrected chi connectivity index (χ3v) is 2.82. The smallest absolute Gasteiger partial charge is 0.239 e. The van der Waals surface area contributed by atoms with Crippen molar-refractivity contribution in [2.75, 3.05) is 0 Å². The molecule has 0 amide bonds. The first kappa shape index (κ1) is 13.4. The van der Waals surface area contributed by atoms with E-state index in [9.17, 15) is 0 Å². The van der Waals surface area contributed by atoms with E-state index >= 15 is 0 Å². The van der Waals surface area contributed by atoms with E-state index in [-0.39, 0.29) is 6.17 Å². The van der Waals surface area contributed by atoms with Crippen LogP contribution in [-0.4, -0.2) is 24.4 Å². The molecule has 1 aliphatic carbocycles. The summed E-state index contributed by atoms with van der Waals surface area (Å²) in [5.74, 6) is 0. The van der Waals surface area contributed by atoms with Crippen LogP contribution in [0.5, 0.6) is 0 Å². The molecule has 2 atom stereocenters. The normalized spacial score (nSPS) is 23.1. The minimum Gasteiger partial charge on any atom is -0.239 e. The fraction of sp³-hybridized carbons (Fsp3) is 0.154. The van der Waals surface area contributed by atoms with Crippen LogP contribution >= 0.6 is 0 Å². The molecule has 0 aromatic heterocycles. The molecule has 98 valence electrons. The van der Waals surface area contributed by atoms with Gasteiger partial charge >= 0.3 is 10.6 Å². The minimum atomic E-state index is -3.11. The van der Waals surface area contributed by atoms with Gasteiger partial charge in [-0.15, -0.1) is 12.6 Å². The molecule has 1 aromatic carbocycles. The number of hydrogen-bond donors (Lipinski definition) is 2. The molecule has 1 aliphatic heterocycles. The van der Waals surface area contributed by atoms with E-state index in [0.29, 0.717) is 6.04 Å². The lowest BCUT2D eigenvalue weighted by Gasteiger charge is -2.06. The van der Waals surface area contributed by atoms with Gasteiger partial charge in [0, 0.05) is 11.6 Å². The van der Waals surface area contributed by atoms with Gasteiger partial charge in [0.2, 0.25) is 6.17 Å². The summed E-state index contributed by atoms with van der Waals surface area (Å²) in [6, 6.07) is 10.8. The standard InChI is InChI=1S/C13H12N2.O3S/c1-2-6-10(7-3-1)13-14-11-8-4-5-9-12(11)15-13;1-4(2)3/h1-9,11,13-14H;/p+1. The molecule has 1 aromatic rings. The van der Waals surface area contributed by atoms with Crippen molar-refractivity contribution >= 4 is 16.3 Å². The zero-order valence-electron chi connectivity index (χ0n) is 9.98. The largest absolute Gasteiger partial charge is 0.425 e. The number of rotatable bonds is 1. The van der Waals surface area contributed by atoms with Gasteiger partial charge in [-0.05, 0) is 0 Å². The Morgan fingerprint density at radius 3 is 2.37 bits per heavy atom. The fourth-order valence-corrected chi connectivity index (χ4v) is 2.04. The van der Waals surface area contributed by atoms with Crippen LogP contribution in [0.4, 0.5) is 0 Å². The van der Waals surface area contributed by atoms with Crippen LogP contribution < -0.4 is 10.3 Å². The molecule has 1 heterocycles. The third-order valence-electron chi connectivity index (χ3n) is 2.82. The number of hydrogen-bond acceptors (Lipinski definition) is 4. The van der Waals surface area contributed by atoms with Crippen LogP contribution in [0, 0.1) is 0 Å². The van der Waals surface area contributed by atoms with E-state index < -0.39 is 10.6 Å². The minimum absolute atomic E-state index is 0.235. The second-order valence-corrected chi connectivity index (χ2v) is 4.44. The van der Waals surface area contributed by atoms with Gasteiger partial charge < -0.3 is 0 Å². The van der Waals surface area contributed by atoms with E-state index in [1.54, 1.807) is 0 Å². The molecule has 0 radical (unpaired) electrons. The van der Waals surface area contributed by atoms with Gasteiger partial charge in [0.25, 0.3) is 0 Å². The van der Waals surface area contributed by atoms with Gasteiger partial charge in [0.05, 0.1) is 0 Å². The summed E-state index contributed by atoms with van der Waals surface area (Å²) < 4.78 is 25.3. The third kappa shape index (κ3) is 3.70. The summed E-state index contributed by atoms with van der Waals surface area (Å²) >= 11 is 0. The van der Waals surface area contributed by atoms with Crippen molar-refractivity contribution in [2.24, 2.45) is 0 Å². The lowest BCUT2D eigenvalue weighted by atomic mass is 10.1. The number of benzene rings is 1. The van der Waals surface area contributed by atoms with Crippen molar-refractivity contribution in [3.05, 3.63) is 60.2 Å². The number of allylic oxidation sites excluding steroid dienone is 2. The highest BCUT2D eigenvalue weighted by molar-refractivity contribution is 7.59. The van der Waals surface area contributed by atoms with Gasteiger partial charge in [-0.2, -0.15) is 0 Å². The second-order valence-electron chi connectivity index (χ2n) is 4.04. The van der Waals surface area contributed by atoms with E-state index in [0.717, 1.165) is 0 Å². The monoisotopic (exact) mass is 277 g/mol. The van der Waals surface area contributed by atoms with E-state index in [4.69, 9.17) is 12.6 Å². The Morgan fingerprint density at radius 2 is 1.74 bits per heavy atom. The molecule has 2 unspecified atom stereocenters. The van der Waals surface area contributed by atoms with Gasteiger partial charge in [-0.25, -0.2) is 10.3 Å². The molecule has 0 saturated heterocycles. The first-order valence-electron chi connectivity index (χ1n) is 5.73. The van der Waals surface area contributed by atoms with Crippen molar-refractivity contribution in [3.63, 3.8) is 0 Å². The van der Waals surface area contributed by atoms with Crippen LogP contribution in [0.3, 0.4) is 0 Å². The Morgan fingerprint density at radius 1 is 1.05 bits per heavy atom. The number of fused-ring (bicyclic) bond motifs is 1. The second kappa shape index (κ2) is 6.21. The Labute approximate surface area is 112 Å². The van der Waals surface area contributed by atoms with E-state index in [1.807, 2.05) is 6.07 Å². The van der Waals surface area contributed by atoms with E-state index in [2.05, 4.69) is 58.9 Å². The lowest BCUT2D eigenvalue weighted by molar-refractivity contribution is -0.505. The Kier molecular flexibility index (Phi) is 4.38. The highest BCUT2D eigenvalue weighted by Gasteiger charge is 2.31. The topological polar surface area (TPSA) is 77.2 Å². The predicted molar refractivity (Wildman–Crippen MR) is 70.1 cm³/mol. The molecule has 3 rings (SSSR count). The molecular weight excluding hydrogens is 264 g/mol. The SMILES string of the molecule is C1=CC2=[NH+]C(c3ccccc3)NC2C=C1.O=S(=O)=O. The molecule has 19 heavy (non-hydrogen) atoms. The average molecular weight is 277 g/mol. The highest BCUT2D eigenvalue weighted by Crippen LogP contribution is 2.11. The lowest BCUT2D eigenvalue weighted by Crippen LogP contribution is -2.72. The van der Waals surface area contributed by atoms with Crippen molar-refractivity contribution < 1.29 is 17.6 Å². The summed E-state index contributed by atoms with van der Waals surface area (Å²) in [7, 11) is -3.11. The maximum absolute atomic E-state index is 8.44. The first-order valence-corrected chi connectivity index (χ1v) is 6.73. The Balaban J connectivity index is 0.000000297. The van der Waals surface area contributed by atoms with Gasteiger partial charge in [0.15, 0.2) is 5.71 Å². The molecule has 5 nitrogen and oxygen atoms in total. The molecule has 0 spiro atoms. The van der Waals surface area contributed by atoms with Crippen molar-refractivity contribution in [3.8, 4) is 0 Å². The van der Waals surface area contributed by atoms with Crippen LogP contribution in [0.25, 0.3) is 0 Å². The predicted octanol–water partition coefficient (Wildman–Crippen LogP) is -0.699. The summed E-state index contributed by atoms with van der Waals surface area (Å²) in [6.45, 7) is 0. The summed E-state index contributed by atoms with van der Waals surface area (Å²) in [6.07, 6.45) is 8.68. The maximum atomic E-state index is 8.44. The fourth-order valence-electron chi connectivity index (χ4n) is 2.04. The van der Waals surface area contributed by atoms with Crippen LogP contribution in [-0.2, 0) is 10.6 Å². The zero-order chi connectivity index (χ0) is 13.7. The molecule has 0 saturated carbocycles. The first-order chi connectivity index (χ1) is 9.16. The molecule has 2 N–H and O–H groups in total. The summed E-state index contributed by atoms with van der Waals surface area (Å²) in [5.41, 5.74) is 2.53. The van der Waals surface area contributed by atoms with Gasteiger partial charge in [-0.3, -0.25) is 0 Å². The molecule has 0 fully saturated rings. The van der Waals surface area contributed by atoms with Gasteiger partial charge in [0.1, 0.15) is 6.04 Å². The quantitative estimate of drug-likeness (QED) is 0.712. The maximum Gasteiger partial charge on any atom is 0.425 e. The summed E-state index contributed by atoms with van der Waals surface area (Å²) in [4.78, 5) is 3.48. The Bertz CT molecular complexity index is 626. The van der Waals surface area contributed by atoms with E-state index in [1.165, 1.54) is 11.3 Å². The van der Waals surface area contributed by atoms with Crippen molar-refractivity contribution in [1.29, 1.82) is 0 Å². The van der Waals surface area contributed by atoms with Crippen LogP contribution in [0.15, 0.2) is 54.6 Å². The molecule has 2 aliphatic rings. The number of nitrogens with one attached hydrogen (secondary N) is 2. The van der Waals surface area contributed by atoms with Crippen molar-refractivity contribution in [2.45, 2.75) is 12.2 Å². The molecule has 6 heteroatoms.